The fourth-order valence-corrected chi connectivity index (χ4v) is 1.96. The fraction of sp³-hybridized carbons (Fsp3) is 0.125. The molecule has 0 saturated heterocycles. The van der Waals surface area contributed by atoms with Crippen molar-refractivity contribution in [1.29, 1.82) is 0 Å². The van der Waals surface area contributed by atoms with Crippen molar-refractivity contribution in [3.05, 3.63) is 69.0 Å². The van der Waals surface area contributed by atoms with Gasteiger partial charge in [-0.3, -0.25) is 14.9 Å². The summed E-state index contributed by atoms with van der Waals surface area (Å²) in [5, 5.41) is 13.4. The lowest BCUT2D eigenvalue weighted by molar-refractivity contribution is -0.384. The van der Waals surface area contributed by atoms with E-state index in [0.717, 1.165) is 25.3 Å². The highest BCUT2D eigenvalue weighted by molar-refractivity contribution is 6.06. The number of nitro benzene ring substituents is 1. The molecule has 0 radical (unpaired) electrons. The Hall–Kier alpha value is -3.29. The van der Waals surface area contributed by atoms with Gasteiger partial charge in [-0.2, -0.15) is 0 Å². The molecule has 24 heavy (non-hydrogen) atoms. The molecule has 7 nitrogen and oxygen atoms in total. The number of nitro groups is 1. The molecule has 0 unspecified atom stereocenters. The van der Waals surface area contributed by atoms with E-state index in [9.17, 15) is 24.1 Å². The molecule has 0 heterocycles. The van der Waals surface area contributed by atoms with Gasteiger partial charge in [0, 0.05) is 23.4 Å². The molecule has 8 heteroatoms. The van der Waals surface area contributed by atoms with Crippen LogP contribution in [0.3, 0.4) is 0 Å². The summed E-state index contributed by atoms with van der Waals surface area (Å²) >= 11 is 0. The molecule has 0 bridgehead atoms. The van der Waals surface area contributed by atoms with Crippen LogP contribution in [0.5, 0.6) is 0 Å². The number of nitrogens with zero attached hydrogens (tertiary/aromatic N) is 1. The number of benzene rings is 2. The Labute approximate surface area is 136 Å². The van der Waals surface area contributed by atoms with E-state index in [4.69, 9.17) is 0 Å². The summed E-state index contributed by atoms with van der Waals surface area (Å²) in [6.45, 7) is 1.57. The molecule has 2 aromatic carbocycles. The van der Waals surface area contributed by atoms with Crippen LogP contribution in [0.25, 0.3) is 0 Å². The SMILES string of the molecule is COC(=O)c1cc(C(=O)Nc2ccc(C)c(F)c2)cc([N+](=O)[O-])c1. The zero-order chi connectivity index (χ0) is 17.9. The number of amides is 1. The van der Waals surface area contributed by atoms with E-state index >= 15 is 0 Å². The number of ether oxygens (including phenoxy) is 1. The summed E-state index contributed by atoms with van der Waals surface area (Å²) in [6, 6.07) is 7.30. The Balaban J connectivity index is 2.37. The van der Waals surface area contributed by atoms with Gasteiger partial charge in [0.15, 0.2) is 0 Å². The minimum absolute atomic E-state index is 0.120. The lowest BCUT2D eigenvalue weighted by atomic mass is 10.1. The molecular weight excluding hydrogens is 319 g/mol. The van der Waals surface area contributed by atoms with E-state index in [2.05, 4.69) is 10.1 Å². The third-order valence-electron chi connectivity index (χ3n) is 3.24. The number of carbonyl (C=O) groups is 2. The van der Waals surface area contributed by atoms with Crippen molar-refractivity contribution in [3.8, 4) is 0 Å². The van der Waals surface area contributed by atoms with Gasteiger partial charge >= 0.3 is 5.97 Å². The molecule has 0 atom stereocenters. The van der Waals surface area contributed by atoms with Gasteiger partial charge in [-0.05, 0) is 30.7 Å². The van der Waals surface area contributed by atoms with Crippen LogP contribution in [0, 0.1) is 22.9 Å². The van der Waals surface area contributed by atoms with Crippen LogP contribution in [0.15, 0.2) is 36.4 Å². The molecule has 124 valence electrons. The van der Waals surface area contributed by atoms with Gasteiger partial charge in [-0.15, -0.1) is 0 Å². The molecule has 0 aliphatic heterocycles. The summed E-state index contributed by atoms with van der Waals surface area (Å²) < 4.78 is 18.0. The van der Waals surface area contributed by atoms with E-state index in [-0.39, 0.29) is 16.8 Å². The van der Waals surface area contributed by atoms with Gasteiger partial charge < -0.3 is 10.1 Å². The van der Waals surface area contributed by atoms with Crippen LogP contribution < -0.4 is 5.32 Å². The van der Waals surface area contributed by atoms with Crippen LogP contribution in [-0.4, -0.2) is 23.9 Å². The number of methoxy groups -OCH3 is 1. The predicted octanol–water partition coefficient (Wildman–Crippen LogP) is 3.08. The van der Waals surface area contributed by atoms with Crippen LogP contribution in [-0.2, 0) is 4.74 Å². The van der Waals surface area contributed by atoms with Crippen LogP contribution >= 0.6 is 0 Å². The number of hydrogen-bond donors (Lipinski definition) is 1. The van der Waals surface area contributed by atoms with Gasteiger partial charge in [-0.25, -0.2) is 9.18 Å². The molecule has 1 N–H and O–H groups in total. The number of aryl methyl sites for hydroxylation is 1. The minimum Gasteiger partial charge on any atom is -0.465 e. The quantitative estimate of drug-likeness (QED) is 0.527. The highest BCUT2D eigenvalue weighted by Crippen LogP contribution is 2.20. The Morgan fingerprint density at radius 2 is 1.83 bits per heavy atom. The summed E-state index contributed by atoms with van der Waals surface area (Å²) in [6.07, 6.45) is 0. The van der Waals surface area contributed by atoms with Gasteiger partial charge in [0.2, 0.25) is 0 Å². The topological polar surface area (TPSA) is 98.5 Å². The fourth-order valence-electron chi connectivity index (χ4n) is 1.96. The van der Waals surface area contributed by atoms with Crippen molar-refractivity contribution in [2.75, 3.05) is 12.4 Å². The van der Waals surface area contributed by atoms with Crippen molar-refractivity contribution in [2.24, 2.45) is 0 Å². The largest absolute Gasteiger partial charge is 0.465 e. The number of esters is 1. The minimum atomic E-state index is -0.811. The zero-order valence-electron chi connectivity index (χ0n) is 12.8. The first-order valence-corrected chi connectivity index (χ1v) is 6.77. The Bertz CT molecular complexity index is 835. The molecule has 0 aromatic heterocycles. The molecule has 2 aromatic rings. The second kappa shape index (κ2) is 6.86. The summed E-state index contributed by atoms with van der Waals surface area (Å²) in [5.74, 6) is -2.02. The summed E-state index contributed by atoms with van der Waals surface area (Å²) in [7, 11) is 1.12. The lowest BCUT2D eigenvalue weighted by Gasteiger charge is -2.08. The molecule has 0 spiro atoms. The van der Waals surface area contributed by atoms with Crippen molar-refractivity contribution in [3.63, 3.8) is 0 Å². The highest BCUT2D eigenvalue weighted by atomic mass is 19.1. The van der Waals surface area contributed by atoms with Crippen molar-refractivity contribution >= 4 is 23.3 Å². The first-order valence-electron chi connectivity index (χ1n) is 6.77. The van der Waals surface area contributed by atoms with E-state index < -0.39 is 28.3 Å². The van der Waals surface area contributed by atoms with Gasteiger partial charge in [0.25, 0.3) is 11.6 Å². The number of non-ortho nitro benzene ring substituents is 1. The van der Waals surface area contributed by atoms with Crippen molar-refractivity contribution in [2.45, 2.75) is 6.92 Å². The van der Waals surface area contributed by atoms with Gasteiger partial charge in [0.1, 0.15) is 5.82 Å². The monoisotopic (exact) mass is 332 g/mol. The third kappa shape index (κ3) is 3.72. The molecule has 0 saturated carbocycles. The standard InChI is InChI=1S/C16H13FN2O5/c1-9-3-4-12(8-14(9)17)18-15(20)10-5-11(16(21)24-2)7-13(6-10)19(22)23/h3-8H,1-2H3,(H,18,20). The first-order chi connectivity index (χ1) is 11.3. The highest BCUT2D eigenvalue weighted by Gasteiger charge is 2.18. The second-order valence-electron chi connectivity index (χ2n) is 4.94. The van der Waals surface area contributed by atoms with Crippen LogP contribution in [0.2, 0.25) is 0 Å². The summed E-state index contributed by atoms with van der Waals surface area (Å²) in [5.41, 5.74) is -0.0822. The number of rotatable bonds is 4. The van der Waals surface area contributed by atoms with Crippen molar-refractivity contribution in [1.82, 2.24) is 0 Å². The molecule has 1 amide bonds. The third-order valence-corrected chi connectivity index (χ3v) is 3.24. The number of carbonyl (C=O) groups excluding carboxylic acids is 2. The maximum Gasteiger partial charge on any atom is 0.338 e. The van der Waals surface area contributed by atoms with E-state index in [1.807, 2.05) is 0 Å². The molecule has 2 rings (SSSR count). The number of hydrogen-bond acceptors (Lipinski definition) is 5. The normalized spacial score (nSPS) is 10.1. The van der Waals surface area contributed by atoms with Crippen LogP contribution in [0.1, 0.15) is 26.3 Å². The second-order valence-corrected chi connectivity index (χ2v) is 4.94. The first kappa shape index (κ1) is 17.1. The molecule has 0 fully saturated rings. The smallest absolute Gasteiger partial charge is 0.338 e. The van der Waals surface area contributed by atoms with E-state index in [0.29, 0.717) is 5.56 Å². The van der Waals surface area contributed by atoms with Gasteiger partial charge in [0.05, 0.1) is 17.6 Å². The molecular formula is C16H13FN2O5. The number of anilines is 1. The Kier molecular flexibility index (Phi) is 4.88. The van der Waals surface area contributed by atoms with E-state index in [1.165, 1.54) is 18.2 Å². The average Bonchev–Trinajstić information content (AvgIpc) is 2.56. The Morgan fingerprint density at radius 1 is 1.17 bits per heavy atom. The van der Waals surface area contributed by atoms with Crippen LogP contribution in [0.4, 0.5) is 15.8 Å². The Morgan fingerprint density at radius 3 is 2.42 bits per heavy atom. The maximum atomic E-state index is 13.5. The number of nitrogens with one attached hydrogen (secondary N) is 1. The summed E-state index contributed by atoms with van der Waals surface area (Å²) in [4.78, 5) is 34.0. The van der Waals surface area contributed by atoms with Crippen molar-refractivity contribution < 1.29 is 23.6 Å². The zero-order valence-corrected chi connectivity index (χ0v) is 12.8. The number of halogens is 1. The predicted molar refractivity (Wildman–Crippen MR) is 83.5 cm³/mol. The van der Waals surface area contributed by atoms with Gasteiger partial charge in [-0.1, -0.05) is 6.07 Å². The molecule has 0 aliphatic carbocycles. The molecule has 0 aliphatic rings. The average molecular weight is 332 g/mol. The maximum absolute atomic E-state index is 13.5. The van der Waals surface area contributed by atoms with E-state index in [1.54, 1.807) is 6.92 Å². The lowest BCUT2D eigenvalue weighted by Crippen LogP contribution is -2.14.